The normalized spacial score (nSPS) is 33.6. The van der Waals surface area contributed by atoms with Crippen LogP contribution in [0.25, 0.3) is 10.4 Å². The van der Waals surface area contributed by atoms with E-state index in [0.717, 1.165) is 11.1 Å². The first-order chi connectivity index (χ1) is 29.0. The Bertz CT molecular complexity index is 1830. The molecule has 4 radical (unpaired) electrons. The summed E-state index contributed by atoms with van der Waals surface area (Å²) in [4.78, 5) is 35.6. The average molecular weight is 888 g/mol. The molecule has 8 unspecified atom stereocenters. The van der Waals surface area contributed by atoms with Crippen LogP contribution in [-0.4, -0.2) is 121 Å². The molecule has 23 heteroatoms. The molecule has 0 N–H and O–H groups in total. The van der Waals surface area contributed by atoms with Crippen molar-refractivity contribution >= 4 is 45.7 Å². The second kappa shape index (κ2) is 25.7. The quantitative estimate of drug-likeness (QED) is 0.0438. The van der Waals surface area contributed by atoms with E-state index >= 15 is 0 Å². The maximum atomic E-state index is 11.8. The van der Waals surface area contributed by atoms with Crippen LogP contribution in [0.1, 0.15) is 52.7 Å². The van der Waals surface area contributed by atoms with Gasteiger partial charge in [0, 0.05) is 22.7 Å². The zero-order valence-electron chi connectivity index (χ0n) is 34.4. The molecule has 0 spiro atoms. The molecule has 2 aromatic carbocycles. The number of hydrogen-bond acceptors (Lipinski definition) is 17. The fraction of sp³-hybridized carbons (Fsp3) is 0.632. The molecule has 5 rings (SSSR count). The Kier molecular flexibility index (Phi) is 21.9. The van der Waals surface area contributed by atoms with Crippen LogP contribution in [0.2, 0.25) is 0 Å². The Balaban J connectivity index is 0.00000156. The van der Waals surface area contributed by atoms with Crippen LogP contribution in [0.15, 0.2) is 65.8 Å². The van der Waals surface area contributed by atoms with Gasteiger partial charge < -0.3 is 42.2 Å². The molecule has 2 aromatic rings. The van der Waals surface area contributed by atoms with Gasteiger partial charge in [-0.1, -0.05) is 94.5 Å². The SMILES string of the molecule is O=C=O.O=C=O.[B]P([B])O[C@@H]1C(N=[N+]=[N-])[C@@H](OC2C(C)O[C@@H](C)C(C)[C@@H]2OCc2ccccc2)OC(COS(=O)(=O)[O-])[C@H]1O[C@@H]1OC(C)C(C)[C@@H](OCc2ccccc2)C1C. The van der Waals surface area contributed by atoms with Gasteiger partial charge >= 0.3 is 12.3 Å². The maximum Gasteiger partial charge on any atom is 0.373 e. The fourth-order valence-electron chi connectivity index (χ4n) is 7.37. The molecule has 0 saturated carbocycles. The number of hydrogen-bond donors (Lipinski definition) is 0. The van der Waals surface area contributed by atoms with Crippen molar-refractivity contribution in [3.63, 3.8) is 0 Å². The predicted molar refractivity (Wildman–Crippen MR) is 212 cm³/mol. The molecule has 19 nitrogen and oxygen atoms in total. The predicted octanol–water partition coefficient (Wildman–Crippen LogP) is 4.05. The molecule has 3 saturated heterocycles. The summed E-state index contributed by atoms with van der Waals surface area (Å²) >= 11 is 0. The number of ether oxygens (including phenoxy) is 7. The Hall–Kier alpha value is -3.38. The van der Waals surface area contributed by atoms with Gasteiger partial charge in [0.15, 0.2) is 12.6 Å². The molecular formula is C38H49B2N3O16PS-. The minimum absolute atomic E-state index is 0.0468. The summed E-state index contributed by atoms with van der Waals surface area (Å²) in [6.45, 7) is 11.3. The zero-order valence-corrected chi connectivity index (χ0v) is 36.1. The molecule has 15 atom stereocenters. The van der Waals surface area contributed by atoms with Crippen LogP contribution in [0.3, 0.4) is 0 Å². The van der Waals surface area contributed by atoms with Crippen molar-refractivity contribution < 1.29 is 74.0 Å². The third-order valence-corrected chi connectivity index (χ3v) is 11.5. The molecule has 330 valence electrons. The number of azide groups is 1. The molecule has 61 heavy (non-hydrogen) atoms. The third-order valence-electron chi connectivity index (χ3n) is 10.6. The Morgan fingerprint density at radius 1 is 0.705 bits per heavy atom. The highest BCUT2D eigenvalue weighted by molar-refractivity contribution is 7.97. The summed E-state index contributed by atoms with van der Waals surface area (Å²) in [7, 11) is 4.72. The van der Waals surface area contributed by atoms with Crippen molar-refractivity contribution in [2.45, 2.75) is 128 Å². The van der Waals surface area contributed by atoms with Crippen LogP contribution in [0, 0.1) is 17.8 Å². The molecule has 3 aliphatic heterocycles. The minimum atomic E-state index is -5.21. The van der Waals surface area contributed by atoms with Crippen molar-refractivity contribution in [2.24, 2.45) is 22.9 Å². The van der Waals surface area contributed by atoms with E-state index in [1.54, 1.807) is 0 Å². The lowest BCUT2D eigenvalue weighted by Gasteiger charge is -2.51. The lowest BCUT2D eigenvalue weighted by molar-refractivity contribution is -0.343. The van der Waals surface area contributed by atoms with Crippen molar-refractivity contribution in [1.82, 2.24) is 0 Å². The number of carbonyl (C=O) groups excluding carboxylic acids is 4. The summed E-state index contributed by atoms with van der Waals surface area (Å²) in [6.07, 6.45) is -8.63. The van der Waals surface area contributed by atoms with Crippen molar-refractivity contribution in [3.8, 4) is 0 Å². The van der Waals surface area contributed by atoms with E-state index in [-0.39, 0.29) is 49.1 Å². The Morgan fingerprint density at radius 2 is 1.20 bits per heavy atom. The highest BCUT2D eigenvalue weighted by Gasteiger charge is 2.53. The molecule has 3 heterocycles. The Morgan fingerprint density at radius 3 is 1.70 bits per heavy atom. The highest BCUT2D eigenvalue weighted by Crippen LogP contribution is 2.42. The van der Waals surface area contributed by atoms with Gasteiger partial charge in [-0.15, -0.1) is 0 Å². The van der Waals surface area contributed by atoms with Gasteiger partial charge in [0.1, 0.15) is 45.6 Å². The van der Waals surface area contributed by atoms with Gasteiger partial charge in [-0.25, -0.2) is 8.42 Å². The minimum Gasteiger partial charge on any atom is -0.726 e. The molecular weight excluding hydrogens is 839 g/mol. The van der Waals surface area contributed by atoms with E-state index < -0.39 is 86.1 Å². The molecule has 3 fully saturated rings. The standard InChI is InChI=1S/C36H50B2N3O12PS.2CO2/c1-20-24(5)49-35(22(3)30(20)45-17-26-13-9-7-10-14-26)52-33-28(19-47-55(42,43)44)50-36(29(40-41-39)34(33)53-54(37)38)51-32-25(6)48-23(4)21(2)31(32)46-18-27-15-11-8-12-16-27;2*2-1-3/h7-16,20-25,28-36H,17-19H2,1-6H3,(H,42,43,44);;/p-1/t20?,21?,22?,23-,24?,25?,28?,29?,30+,31-,32?,33+,34+,35-,36+;;/m0../s1. The van der Waals surface area contributed by atoms with E-state index in [0.29, 0.717) is 6.61 Å². The highest BCUT2D eigenvalue weighted by atomic mass is 32.3. The monoisotopic (exact) mass is 888 g/mol. The summed E-state index contributed by atoms with van der Waals surface area (Å²) in [6, 6.07) is 18.0. The fourth-order valence-corrected chi connectivity index (χ4v) is 8.19. The molecule has 0 bridgehead atoms. The largest absolute Gasteiger partial charge is 0.726 e. The second-order valence-electron chi connectivity index (χ2n) is 14.6. The van der Waals surface area contributed by atoms with Gasteiger partial charge in [0.2, 0.25) is 10.4 Å². The topological polar surface area (TPSA) is 257 Å². The van der Waals surface area contributed by atoms with E-state index in [2.05, 4.69) is 10.0 Å². The zero-order chi connectivity index (χ0) is 45.3. The van der Waals surface area contributed by atoms with Crippen LogP contribution >= 0.6 is 7.91 Å². The number of rotatable bonds is 16. The first kappa shape index (κ1) is 52.0. The Labute approximate surface area is 358 Å². The van der Waals surface area contributed by atoms with Crippen LogP contribution in [0.5, 0.6) is 0 Å². The van der Waals surface area contributed by atoms with E-state index in [4.69, 9.17) is 76.2 Å². The summed E-state index contributed by atoms with van der Waals surface area (Å²) in [5.41, 5.74) is 11.8. The van der Waals surface area contributed by atoms with Gasteiger partial charge in [0.05, 0.1) is 50.3 Å². The van der Waals surface area contributed by atoms with E-state index in [9.17, 15) is 18.5 Å². The lowest BCUT2D eigenvalue weighted by atomic mass is 9.86. The number of nitrogens with zero attached hydrogens (tertiary/aromatic N) is 3. The van der Waals surface area contributed by atoms with Gasteiger partial charge in [-0.3, -0.25) is 4.18 Å². The lowest BCUT2D eigenvalue weighted by Crippen LogP contribution is -2.64. The van der Waals surface area contributed by atoms with Crippen molar-refractivity contribution in [2.75, 3.05) is 6.61 Å². The second-order valence-corrected chi connectivity index (χ2v) is 16.6. The van der Waals surface area contributed by atoms with Gasteiger partial charge in [0.25, 0.3) is 0 Å². The summed E-state index contributed by atoms with van der Waals surface area (Å²) in [5.74, 6) is -0.600. The van der Waals surface area contributed by atoms with Crippen molar-refractivity contribution in [1.29, 1.82) is 0 Å². The van der Waals surface area contributed by atoms with E-state index in [1.165, 1.54) is 0 Å². The molecule has 3 aliphatic rings. The molecule has 0 amide bonds. The first-order valence-corrected chi connectivity index (χ1v) is 21.9. The molecule has 0 aliphatic carbocycles. The van der Waals surface area contributed by atoms with Crippen LogP contribution in [0.4, 0.5) is 0 Å². The summed E-state index contributed by atoms with van der Waals surface area (Å²) < 4.78 is 91.1. The smallest absolute Gasteiger partial charge is 0.373 e. The average Bonchev–Trinajstić information content (AvgIpc) is 3.21. The van der Waals surface area contributed by atoms with Gasteiger partial charge in [-0.2, -0.15) is 19.2 Å². The summed E-state index contributed by atoms with van der Waals surface area (Å²) in [5, 5.41) is 4.01. The molecule has 0 aromatic heterocycles. The maximum absolute atomic E-state index is 11.8. The van der Waals surface area contributed by atoms with Crippen molar-refractivity contribution in [3.05, 3.63) is 82.2 Å². The van der Waals surface area contributed by atoms with Crippen LogP contribution < -0.4 is 0 Å². The first-order valence-electron chi connectivity index (χ1n) is 19.2. The number of benzene rings is 2. The van der Waals surface area contributed by atoms with Crippen LogP contribution in [-0.2, 0) is 84.7 Å². The van der Waals surface area contributed by atoms with E-state index in [1.807, 2.05) is 102 Å². The third kappa shape index (κ3) is 15.7. The van der Waals surface area contributed by atoms with Gasteiger partial charge in [-0.05, 0) is 37.4 Å².